The molecule has 1 aliphatic carbocycles. The molecule has 2 N–H and O–H groups in total. The first-order chi connectivity index (χ1) is 8.10. The Morgan fingerprint density at radius 1 is 1.53 bits per heavy atom. The summed E-state index contributed by atoms with van der Waals surface area (Å²) in [6.45, 7) is 0.630. The predicted molar refractivity (Wildman–Crippen MR) is 59.3 cm³/mol. The molecule has 1 heterocycles. The van der Waals surface area contributed by atoms with Crippen LogP contribution in [-0.4, -0.2) is 54.9 Å². The third kappa shape index (κ3) is 2.52. The summed E-state index contributed by atoms with van der Waals surface area (Å²) in [6, 6.07) is -0.0931. The van der Waals surface area contributed by atoms with Crippen LogP contribution in [0.5, 0.6) is 0 Å². The molecule has 96 valence electrons. The molecule has 1 saturated heterocycles. The predicted octanol–water partition coefficient (Wildman–Crippen LogP) is -0.284. The number of carbonyl (C=O) groups excluding carboxylic acids is 2. The summed E-state index contributed by atoms with van der Waals surface area (Å²) in [5.74, 6) is -0.154. The Labute approximate surface area is 99.9 Å². The Balaban J connectivity index is 1.87. The van der Waals surface area contributed by atoms with E-state index in [2.05, 4.69) is 10.1 Å². The lowest BCUT2D eigenvalue weighted by Gasteiger charge is -2.22. The number of hydrogen-bond acceptors (Lipinski definition) is 4. The number of aliphatic hydroxyl groups excluding tert-OH is 1. The number of alkyl carbamates (subject to hydrolysis) is 1. The minimum absolute atomic E-state index is 0.00822. The minimum atomic E-state index is -0.612. The fraction of sp³-hybridized carbons (Fsp3) is 0.818. The van der Waals surface area contributed by atoms with Gasteiger partial charge in [-0.2, -0.15) is 0 Å². The zero-order chi connectivity index (χ0) is 12.5. The van der Waals surface area contributed by atoms with Gasteiger partial charge in [0.15, 0.2) is 0 Å². The van der Waals surface area contributed by atoms with Crippen LogP contribution < -0.4 is 5.32 Å². The molecule has 0 aromatic heterocycles. The maximum absolute atomic E-state index is 11.9. The van der Waals surface area contributed by atoms with Crippen LogP contribution in [0.2, 0.25) is 0 Å². The van der Waals surface area contributed by atoms with E-state index in [0.29, 0.717) is 6.54 Å². The van der Waals surface area contributed by atoms with Gasteiger partial charge < -0.3 is 20.1 Å². The molecule has 1 aliphatic heterocycles. The number of likely N-dealkylation sites (tertiary alicyclic amines) is 1. The first-order valence-electron chi connectivity index (χ1n) is 5.82. The Morgan fingerprint density at radius 3 is 2.76 bits per heavy atom. The van der Waals surface area contributed by atoms with Gasteiger partial charge in [0.05, 0.1) is 19.8 Å². The first kappa shape index (κ1) is 12.2. The minimum Gasteiger partial charge on any atom is -0.453 e. The van der Waals surface area contributed by atoms with Gasteiger partial charge in [-0.05, 0) is 24.7 Å². The van der Waals surface area contributed by atoms with E-state index in [9.17, 15) is 14.7 Å². The Bertz CT molecular complexity index is 327. The topological polar surface area (TPSA) is 78.9 Å². The summed E-state index contributed by atoms with van der Waals surface area (Å²) in [5.41, 5.74) is 0.258. The van der Waals surface area contributed by atoms with Crippen molar-refractivity contribution in [1.29, 1.82) is 0 Å². The Morgan fingerprint density at radius 2 is 2.24 bits per heavy atom. The molecule has 1 atom stereocenters. The number of hydrogen-bond donors (Lipinski definition) is 2. The van der Waals surface area contributed by atoms with Gasteiger partial charge in [0, 0.05) is 6.54 Å². The zero-order valence-electron chi connectivity index (χ0n) is 9.94. The molecule has 0 unspecified atom stereocenters. The van der Waals surface area contributed by atoms with Crippen LogP contribution in [0, 0.1) is 5.41 Å². The lowest BCUT2D eigenvalue weighted by Crippen LogP contribution is -2.44. The SMILES string of the molecule is COC(=O)NCC(=O)N1CC2(CC2)C[C@H]1CO. The first-order valence-corrected chi connectivity index (χ1v) is 5.82. The highest BCUT2D eigenvalue weighted by Gasteiger charge is 2.52. The monoisotopic (exact) mass is 242 g/mol. The van der Waals surface area contributed by atoms with Crippen LogP contribution in [0.15, 0.2) is 0 Å². The quantitative estimate of drug-likeness (QED) is 0.713. The molecule has 1 saturated carbocycles. The maximum Gasteiger partial charge on any atom is 0.407 e. The molecule has 0 radical (unpaired) electrons. The maximum atomic E-state index is 11.9. The second-order valence-electron chi connectivity index (χ2n) is 4.91. The van der Waals surface area contributed by atoms with Crippen molar-refractivity contribution in [1.82, 2.24) is 10.2 Å². The van der Waals surface area contributed by atoms with Crippen molar-refractivity contribution in [3.8, 4) is 0 Å². The number of carbonyl (C=O) groups is 2. The number of ether oxygens (including phenoxy) is 1. The van der Waals surface area contributed by atoms with Crippen molar-refractivity contribution in [3.05, 3.63) is 0 Å². The number of rotatable bonds is 3. The van der Waals surface area contributed by atoms with Crippen LogP contribution in [0.3, 0.4) is 0 Å². The third-order valence-corrected chi connectivity index (χ3v) is 3.67. The number of nitrogens with zero attached hydrogens (tertiary/aromatic N) is 1. The van der Waals surface area contributed by atoms with E-state index in [1.165, 1.54) is 7.11 Å². The van der Waals surface area contributed by atoms with E-state index in [1.807, 2.05) is 0 Å². The van der Waals surface area contributed by atoms with Gasteiger partial charge in [-0.25, -0.2) is 4.79 Å². The van der Waals surface area contributed by atoms with Gasteiger partial charge in [0.25, 0.3) is 0 Å². The fourth-order valence-corrected chi connectivity index (χ4v) is 2.48. The number of methoxy groups -OCH3 is 1. The average molecular weight is 242 g/mol. The van der Waals surface area contributed by atoms with Crippen molar-refractivity contribution in [2.45, 2.75) is 25.3 Å². The van der Waals surface area contributed by atoms with E-state index < -0.39 is 6.09 Å². The van der Waals surface area contributed by atoms with Gasteiger partial charge in [-0.1, -0.05) is 0 Å². The molecule has 0 bridgehead atoms. The molecule has 6 heteroatoms. The summed E-state index contributed by atoms with van der Waals surface area (Å²) >= 11 is 0. The largest absolute Gasteiger partial charge is 0.453 e. The van der Waals surface area contributed by atoms with Crippen LogP contribution >= 0.6 is 0 Å². The lowest BCUT2D eigenvalue weighted by atomic mass is 10.0. The number of amides is 2. The lowest BCUT2D eigenvalue weighted by molar-refractivity contribution is -0.131. The van der Waals surface area contributed by atoms with Gasteiger partial charge in [0.1, 0.15) is 6.54 Å². The molecular formula is C11H18N2O4. The molecule has 0 aromatic rings. The molecule has 6 nitrogen and oxygen atoms in total. The van der Waals surface area contributed by atoms with Crippen molar-refractivity contribution >= 4 is 12.0 Å². The van der Waals surface area contributed by atoms with Crippen molar-refractivity contribution in [2.75, 3.05) is 26.8 Å². The van der Waals surface area contributed by atoms with Gasteiger partial charge in [-0.3, -0.25) is 4.79 Å². The molecule has 0 aromatic carbocycles. The second-order valence-corrected chi connectivity index (χ2v) is 4.91. The molecule has 17 heavy (non-hydrogen) atoms. The second kappa shape index (κ2) is 4.52. The smallest absolute Gasteiger partial charge is 0.407 e. The summed E-state index contributed by atoms with van der Waals surface area (Å²) in [4.78, 5) is 24.4. The number of aliphatic hydroxyl groups is 1. The van der Waals surface area contributed by atoms with E-state index in [1.54, 1.807) is 4.90 Å². The van der Waals surface area contributed by atoms with Crippen molar-refractivity contribution in [3.63, 3.8) is 0 Å². The summed E-state index contributed by atoms with van der Waals surface area (Å²) < 4.78 is 4.40. The number of nitrogens with one attached hydrogen (secondary N) is 1. The molecule has 1 spiro atoms. The van der Waals surface area contributed by atoms with Crippen LogP contribution in [-0.2, 0) is 9.53 Å². The van der Waals surface area contributed by atoms with Gasteiger partial charge >= 0.3 is 6.09 Å². The standard InChI is InChI=1S/C11H18N2O4/c1-17-10(16)12-5-9(15)13-7-11(2-3-11)4-8(13)6-14/h8,14H,2-7H2,1H3,(H,12,16)/t8-/m0/s1. The molecule has 2 rings (SSSR count). The molecule has 2 aliphatic rings. The van der Waals surface area contributed by atoms with Crippen LogP contribution in [0.1, 0.15) is 19.3 Å². The average Bonchev–Trinajstić information content (AvgIpc) is 2.97. The molecular weight excluding hydrogens is 224 g/mol. The summed E-state index contributed by atoms with van der Waals surface area (Å²) in [5, 5.41) is 11.6. The van der Waals surface area contributed by atoms with Crippen LogP contribution in [0.25, 0.3) is 0 Å². The Kier molecular flexibility index (Phi) is 3.24. The fourth-order valence-electron chi connectivity index (χ4n) is 2.48. The van der Waals surface area contributed by atoms with Crippen molar-refractivity contribution in [2.24, 2.45) is 5.41 Å². The van der Waals surface area contributed by atoms with E-state index in [-0.39, 0.29) is 30.5 Å². The van der Waals surface area contributed by atoms with E-state index >= 15 is 0 Å². The molecule has 2 fully saturated rings. The highest BCUT2D eigenvalue weighted by molar-refractivity contribution is 5.82. The summed E-state index contributed by atoms with van der Waals surface area (Å²) in [6.07, 6.45) is 2.54. The zero-order valence-corrected chi connectivity index (χ0v) is 9.94. The van der Waals surface area contributed by atoms with Gasteiger partial charge in [0.2, 0.25) is 5.91 Å². The van der Waals surface area contributed by atoms with Crippen LogP contribution in [0.4, 0.5) is 4.79 Å². The highest BCUT2D eigenvalue weighted by atomic mass is 16.5. The van der Waals surface area contributed by atoms with E-state index in [4.69, 9.17) is 0 Å². The Hall–Kier alpha value is -1.30. The third-order valence-electron chi connectivity index (χ3n) is 3.67. The van der Waals surface area contributed by atoms with E-state index in [0.717, 1.165) is 19.3 Å². The summed E-state index contributed by atoms with van der Waals surface area (Å²) in [7, 11) is 1.26. The molecule has 2 amide bonds. The normalized spacial score (nSPS) is 24.8. The highest BCUT2D eigenvalue weighted by Crippen LogP contribution is 2.54. The van der Waals surface area contributed by atoms with Gasteiger partial charge in [-0.15, -0.1) is 0 Å². The van der Waals surface area contributed by atoms with Crippen molar-refractivity contribution < 1.29 is 19.4 Å².